The minimum Gasteiger partial charge on any atom is -0.481 e. The van der Waals surface area contributed by atoms with E-state index in [9.17, 15) is 4.79 Å². The second-order valence-electron chi connectivity index (χ2n) is 5.01. The van der Waals surface area contributed by atoms with E-state index < -0.39 is 6.10 Å². The van der Waals surface area contributed by atoms with Crippen molar-refractivity contribution in [3.05, 3.63) is 60.2 Å². The van der Waals surface area contributed by atoms with Crippen molar-refractivity contribution in [1.29, 1.82) is 0 Å². The van der Waals surface area contributed by atoms with Gasteiger partial charge in [0.1, 0.15) is 5.75 Å². The van der Waals surface area contributed by atoms with E-state index in [2.05, 4.69) is 16.2 Å². The van der Waals surface area contributed by atoms with E-state index in [1.54, 1.807) is 6.92 Å². The Kier molecular flexibility index (Phi) is 5.94. The molecule has 0 saturated carbocycles. The number of amides is 1. The first-order chi connectivity index (χ1) is 11.0. The molecule has 5 nitrogen and oxygen atoms in total. The Bertz CT molecular complexity index is 659. The summed E-state index contributed by atoms with van der Waals surface area (Å²) in [5.41, 5.74) is 7.13. The normalized spacial score (nSPS) is 11.2. The summed E-state index contributed by atoms with van der Waals surface area (Å²) in [6, 6.07) is 16.9. The van der Waals surface area contributed by atoms with E-state index >= 15 is 0 Å². The summed E-state index contributed by atoms with van der Waals surface area (Å²) in [5, 5.41) is 3.26. The molecule has 23 heavy (non-hydrogen) atoms. The lowest BCUT2D eigenvalue weighted by molar-refractivity contribution is -0.127. The van der Waals surface area contributed by atoms with Crippen LogP contribution in [-0.2, 0) is 4.79 Å². The monoisotopic (exact) mass is 329 g/mol. The number of anilines is 1. The van der Waals surface area contributed by atoms with Gasteiger partial charge in [0.05, 0.1) is 0 Å². The van der Waals surface area contributed by atoms with Crippen molar-refractivity contribution in [3.8, 4) is 5.75 Å². The van der Waals surface area contributed by atoms with E-state index in [-0.39, 0.29) is 5.91 Å². The van der Waals surface area contributed by atoms with Gasteiger partial charge in [-0.25, -0.2) is 0 Å². The van der Waals surface area contributed by atoms with Crippen LogP contribution in [0.5, 0.6) is 5.75 Å². The molecule has 0 aliphatic rings. The van der Waals surface area contributed by atoms with Crippen LogP contribution in [0.4, 0.5) is 5.69 Å². The molecule has 120 valence electrons. The van der Waals surface area contributed by atoms with Gasteiger partial charge >= 0.3 is 0 Å². The summed E-state index contributed by atoms with van der Waals surface area (Å²) in [7, 11) is 0. The lowest BCUT2D eigenvalue weighted by Crippen LogP contribution is -2.48. The average molecular weight is 329 g/mol. The molecule has 1 atom stereocenters. The third-order valence-electron chi connectivity index (χ3n) is 3.03. The quantitative estimate of drug-likeness (QED) is 0.595. The molecule has 0 heterocycles. The number of carbonyl (C=O) groups is 1. The van der Waals surface area contributed by atoms with Gasteiger partial charge in [-0.05, 0) is 50.3 Å². The Balaban J connectivity index is 1.77. The second kappa shape index (κ2) is 8.14. The molecule has 0 spiro atoms. The maximum absolute atomic E-state index is 12.0. The third-order valence-corrected chi connectivity index (χ3v) is 3.24. The zero-order valence-electron chi connectivity index (χ0n) is 13.0. The molecule has 0 fully saturated rings. The van der Waals surface area contributed by atoms with Gasteiger partial charge in [0.15, 0.2) is 11.2 Å². The fraction of sp³-hybridized carbons (Fsp3) is 0.176. The summed E-state index contributed by atoms with van der Waals surface area (Å²) in [6.07, 6.45) is -0.648. The van der Waals surface area contributed by atoms with Gasteiger partial charge in [0, 0.05) is 5.69 Å². The number of para-hydroxylation sites is 1. The van der Waals surface area contributed by atoms with Crippen LogP contribution in [0.2, 0.25) is 0 Å². The SMILES string of the molecule is Cc1ccc(OC(C)C(=O)NNC(=S)Nc2ccccc2)cc1. The molecule has 0 aromatic heterocycles. The smallest absolute Gasteiger partial charge is 0.279 e. The third kappa shape index (κ3) is 5.60. The van der Waals surface area contributed by atoms with E-state index in [0.717, 1.165) is 11.3 Å². The van der Waals surface area contributed by atoms with Crippen LogP contribution in [0.1, 0.15) is 12.5 Å². The molecule has 2 aromatic rings. The Morgan fingerprint density at radius 1 is 1.04 bits per heavy atom. The lowest BCUT2D eigenvalue weighted by Gasteiger charge is -2.16. The highest BCUT2D eigenvalue weighted by Gasteiger charge is 2.14. The molecule has 0 saturated heterocycles. The Labute approximate surface area is 141 Å². The molecule has 1 amide bonds. The van der Waals surface area contributed by atoms with E-state index in [0.29, 0.717) is 10.9 Å². The van der Waals surface area contributed by atoms with Crippen molar-refractivity contribution in [3.63, 3.8) is 0 Å². The molecule has 2 rings (SSSR count). The molecule has 0 radical (unpaired) electrons. The van der Waals surface area contributed by atoms with Crippen LogP contribution in [0.25, 0.3) is 0 Å². The maximum atomic E-state index is 12.0. The van der Waals surface area contributed by atoms with Crippen LogP contribution in [-0.4, -0.2) is 17.1 Å². The van der Waals surface area contributed by atoms with Crippen molar-refractivity contribution in [1.82, 2.24) is 10.9 Å². The van der Waals surface area contributed by atoms with E-state index in [1.165, 1.54) is 0 Å². The highest BCUT2D eigenvalue weighted by Crippen LogP contribution is 2.13. The van der Waals surface area contributed by atoms with Crippen LogP contribution in [0.3, 0.4) is 0 Å². The van der Waals surface area contributed by atoms with Gasteiger partial charge in [-0.2, -0.15) is 0 Å². The molecular formula is C17H19N3O2S. The number of hydrogen-bond acceptors (Lipinski definition) is 3. The van der Waals surface area contributed by atoms with Gasteiger partial charge in [0.25, 0.3) is 5.91 Å². The van der Waals surface area contributed by atoms with E-state index in [4.69, 9.17) is 17.0 Å². The lowest BCUT2D eigenvalue weighted by atomic mass is 10.2. The average Bonchev–Trinajstić information content (AvgIpc) is 2.55. The number of thiocarbonyl (C=S) groups is 1. The van der Waals surface area contributed by atoms with E-state index in [1.807, 2.05) is 61.5 Å². The number of hydrazine groups is 1. The zero-order chi connectivity index (χ0) is 16.7. The summed E-state index contributed by atoms with van der Waals surface area (Å²) < 4.78 is 5.57. The molecular weight excluding hydrogens is 310 g/mol. The molecule has 3 N–H and O–H groups in total. The number of rotatable bonds is 4. The molecule has 1 unspecified atom stereocenters. The predicted octanol–water partition coefficient (Wildman–Crippen LogP) is 2.78. The van der Waals surface area contributed by atoms with Crippen LogP contribution in [0, 0.1) is 6.92 Å². The Morgan fingerprint density at radius 2 is 1.70 bits per heavy atom. The first kappa shape index (κ1) is 16.8. The summed E-state index contributed by atoms with van der Waals surface area (Å²) in [5.74, 6) is 0.325. The topological polar surface area (TPSA) is 62.4 Å². The first-order valence-corrected chi connectivity index (χ1v) is 7.60. The second-order valence-corrected chi connectivity index (χ2v) is 5.42. The Morgan fingerprint density at radius 3 is 2.35 bits per heavy atom. The highest BCUT2D eigenvalue weighted by atomic mass is 32.1. The van der Waals surface area contributed by atoms with Crippen LogP contribution < -0.4 is 20.9 Å². The van der Waals surface area contributed by atoms with Crippen molar-refractivity contribution in [2.24, 2.45) is 0 Å². The molecule has 2 aromatic carbocycles. The largest absolute Gasteiger partial charge is 0.481 e. The van der Waals surface area contributed by atoms with Crippen molar-refractivity contribution < 1.29 is 9.53 Å². The number of hydrogen-bond donors (Lipinski definition) is 3. The fourth-order valence-corrected chi connectivity index (χ4v) is 1.95. The first-order valence-electron chi connectivity index (χ1n) is 7.20. The number of aryl methyl sites for hydroxylation is 1. The van der Waals surface area contributed by atoms with Crippen molar-refractivity contribution in [2.45, 2.75) is 20.0 Å². The van der Waals surface area contributed by atoms with Crippen molar-refractivity contribution >= 4 is 28.9 Å². The summed E-state index contributed by atoms with van der Waals surface area (Å²) >= 11 is 5.11. The highest BCUT2D eigenvalue weighted by molar-refractivity contribution is 7.80. The molecule has 0 aliphatic heterocycles. The minimum absolute atomic E-state index is 0.298. The number of benzene rings is 2. The van der Waals surface area contributed by atoms with Crippen LogP contribution in [0.15, 0.2) is 54.6 Å². The Hall–Kier alpha value is -2.60. The van der Waals surface area contributed by atoms with Gasteiger partial charge in [-0.3, -0.25) is 15.6 Å². The summed E-state index contributed by atoms with van der Waals surface area (Å²) in [4.78, 5) is 12.0. The van der Waals surface area contributed by atoms with Crippen LogP contribution >= 0.6 is 12.2 Å². The minimum atomic E-state index is -0.648. The zero-order valence-corrected chi connectivity index (χ0v) is 13.8. The number of carbonyl (C=O) groups excluding carboxylic acids is 1. The predicted molar refractivity (Wildman–Crippen MR) is 95.2 cm³/mol. The standard InChI is InChI=1S/C17H19N3O2S/c1-12-8-10-15(11-9-12)22-13(2)16(21)19-20-17(23)18-14-6-4-3-5-7-14/h3-11,13H,1-2H3,(H,19,21)(H2,18,20,23). The maximum Gasteiger partial charge on any atom is 0.279 e. The van der Waals surface area contributed by atoms with Gasteiger partial charge < -0.3 is 10.1 Å². The number of nitrogens with one attached hydrogen (secondary N) is 3. The van der Waals surface area contributed by atoms with Gasteiger partial charge in [-0.15, -0.1) is 0 Å². The van der Waals surface area contributed by atoms with Gasteiger partial charge in [0.2, 0.25) is 0 Å². The fourth-order valence-electron chi connectivity index (χ4n) is 1.78. The molecule has 0 aliphatic carbocycles. The van der Waals surface area contributed by atoms with Crippen molar-refractivity contribution in [2.75, 3.05) is 5.32 Å². The van der Waals surface area contributed by atoms with Gasteiger partial charge in [-0.1, -0.05) is 35.9 Å². The number of ether oxygens (including phenoxy) is 1. The molecule has 0 bridgehead atoms. The molecule has 6 heteroatoms. The summed E-state index contributed by atoms with van der Waals surface area (Å²) in [6.45, 7) is 3.66.